The molecule has 0 bridgehead atoms. The molecule has 0 N–H and O–H groups in total. The van der Waals surface area contributed by atoms with E-state index in [4.69, 9.17) is 4.74 Å². The third kappa shape index (κ3) is 3.33. The van der Waals surface area contributed by atoms with Gasteiger partial charge in [-0.05, 0) is 35.2 Å². The van der Waals surface area contributed by atoms with Crippen molar-refractivity contribution in [2.45, 2.75) is 6.04 Å². The zero-order valence-corrected chi connectivity index (χ0v) is 14.9. The van der Waals surface area contributed by atoms with Gasteiger partial charge in [-0.2, -0.15) is 0 Å². The lowest BCUT2D eigenvalue weighted by molar-refractivity contribution is 0.0168. The molecule has 3 heterocycles. The van der Waals surface area contributed by atoms with Gasteiger partial charge in [0.05, 0.1) is 13.2 Å². The van der Waals surface area contributed by atoms with Crippen LogP contribution in [0.2, 0.25) is 0 Å². The highest BCUT2D eigenvalue weighted by atomic mass is 32.1. The summed E-state index contributed by atoms with van der Waals surface area (Å²) < 4.78 is 20.6. The van der Waals surface area contributed by atoms with E-state index in [9.17, 15) is 9.18 Å². The third-order valence-electron chi connectivity index (χ3n) is 4.45. The minimum absolute atomic E-state index is 0.100. The van der Waals surface area contributed by atoms with Gasteiger partial charge in [0, 0.05) is 25.5 Å². The van der Waals surface area contributed by atoms with Crippen LogP contribution in [-0.2, 0) is 4.74 Å². The normalized spacial score (nSPS) is 16.5. The highest BCUT2D eigenvalue weighted by Gasteiger charge is 2.32. The monoisotopic (exact) mass is 371 g/mol. The number of imidazole rings is 1. The Morgan fingerprint density at radius 2 is 1.96 bits per heavy atom. The molecule has 5 nitrogen and oxygen atoms in total. The fourth-order valence-electron chi connectivity index (χ4n) is 3.20. The van der Waals surface area contributed by atoms with Crippen molar-refractivity contribution in [1.29, 1.82) is 0 Å². The zero-order chi connectivity index (χ0) is 17.9. The maximum absolute atomic E-state index is 13.5. The summed E-state index contributed by atoms with van der Waals surface area (Å²) in [7, 11) is 0. The topological polar surface area (TPSA) is 47.4 Å². The van der Waals surface area contributed by atoms with Crippen molar-refractivity contribution >= 4 is 17.1 Å². The Morgan fingerprint density at radius 1 is 1.19 bits per heavy atom. The SMILES string of the molecule is O=C(c1nccn1-c1cccs1)[C@H](c1ccc(F)cc1)N1CCOCC1. The summed E-state index contributed by atoms with van der Waals surface area (Å²) in [6.07, 6.45) is 3.42. The molecular weight excluding hydrogens is 353 g/mol. The lowest BCUT2D eigenvalue weighted by atomic mass is 9.99. The molecule has 0 aliphatic carbocycles. The van der Waals surface area contributed by atoms with E-state index in [1.807, 2.05) is 22.1 Å². The number of thiophene rings is 1. The van der Waals surface area contributed by atoms with E-state index in [-0.39, 0.29) is 11.6 Å². The quantitative estimate of drug-likeness (QED) is 0.646. The lowest BCUT2D eigenvalue weighted by Gasteiger charge is -2.33. The number of benzene rings is 1. The molecule has 1 aliphatic heterocycles. The first-order valence-electron chi connectivity index (χ1n) is 8.43. The second-order valence-electron chi connectivity index (χ2n) is 6.04. The number of carbonyl (C=O) groups excluding carboxylic acids is 1. The van der Waals surface area contributed by atoms with Crippen molar-refractivity contribution in [3.05, 3.63) is 71.4 Å². The Labute approximate surface area is 154 Å². The minimum Gasteiger partial charge on any atom is -0.379 e. The Morgan fingerprint density at radius 3 is 2.65 bits per heavy atom. The second kappa shape index (κ2) is 7.49. The van der Waals surface area contributed by atoms with Crippen LogP contribution in [0.5, 0.6) is 0 Å². The molecule has 0 amide bonds. The number of carbonyl (C=O) groups is 1. The molecule has 1 atom stereocenters. The zero-order valence-electron chi connectivity index (χ0n) is 14.0. The van der Waals surface area contributed by atoms with Crippen LogP contribution in [0, 0.1) is 5.82 Å². The van der Waals surface area contributed by atoms with Crippen LogP contribution >= 0.6 is 11.3 Å². The molecule has 4 rings (SSSR count). The number of aromatic nitrogens is 2. The van der Waals surface area contributed by atoms with Crippen LogP contribution in [0.15, 0.2) is 54.2 Å². The molecular formula is C19H18FN3O2S. The molecule has 1 aromatic carbocycles. The van der Waals surface area contributed by atoms with Crippen molar-refractivity contribution in [3.63, 3.8) is 0 Å². The number of Topliss-reactive ketones (excluding diaryl/α,β-unsaturated/α-hetero) is 1. The summed E-state index contributed by atoms with van der Waals surface area (Å²) in [5.41, 5.74) is 0.763. The number of rotatable bonds is 5. The molecule has 26 heavy (non-hydrogen) atoms. The third-order valence-corrected chi connectivity index (χ3v) is 5.32. The average molecular weight is 371 g/mol. The smallest absolute Gasteiger partial charge is 0.220 e. The lowest BCUT2D eigenvalue weighted by Crippen LogP contribution is -2.42. The van der Waals surface area contributed by atoms with E-state index < -0.39 is 6.04 Å². The first kappa shape index (κ1) is 17.1. The van der Waals surface area contributed by atoms with Crippen molar-refractivity contribution in [3.8, 4) is 5.00 Å². The first-order chi connectivity index (χ1) is 12.7. The van der Waals surface area contributed by atoms with E-state index in [0.29, 0.717) is 32.1 Å². The maximum Gasteiger partial charge on any atom is 0.220 e. The largest absolute Gasteiger partial charge is 0.379 e. The van der Waals surface area contributed by atoms with Crippen LogP contribution in [0.25, 0.3) is 5.00 Å². The molecule has 0 unspecified atom stereocenters. The Balaban J connectivity index is 1.73. The molecule has 3 aromatic rings. The minimum atomic E-state index is -0.513. The number of ketones is 1. The standard InChI is InChI=1S/C19H18FN3O2S/c20-15-5-3-14(4-6-15)17(22-9-11-25-12-10-22)18(24)19-21-7-8-23(19)16-2-1-13-26-16/h1-8,13,17H,9-12H2/t17-/m0/s1. The summed E-state index contributed by atoms with van der Waals surface area (Å²) in [6, 6.07) is 9.50. The highest BCUT2D eigenvalue weighted by Crippen LogP contribution is 2.27. The number of morpholine rings is 1. The highest BCUT2D eigenvalue weighted by molar-refractivity contribution is 7.12. The van der Waals surface area contributed by atoms with Crippen molar-refractivity contribution in [2.75, 3.05) is 26.3 Å². The number of hydrogen-bond acceptors (Lipinski definition) is 5. The molecule has 0 spiro atoms. The first-order valence-corrected chi connectivity index (χ1v) is 9.31. The predicted octanol–water partition coefficient (Wildman–Crippen LogP) is 3.33. The van der Waals surface area contributed by atoms with Gasteiger partial charge < -0.3 is 4.74 Å². The van der Waals surface area contributed by atoms with E-state index in [1.54, 1.807) is 35.9 Å². The van der Waals surface area contributed by atoms with Crippen LogP contribution in [0.4, 0.5) is 4.39 Å². The van der Waals surface area contributed by atoms with Gasteiger partial charge in [0.1, 0.15) is 16.9 Å². The van der Waals surface area contributed by atoms with Gasteiger partial charge in [-0.3, -0.25) is 14.3 Å². The van der Waals surface area contributed by atoms with Gasteiger partial charge in [-0.25, -0.2) is 9.37 Å². The Kier molecular flexibility index (Phi) is 4.92. The van der Waals surface area contributed by atoms with Gasteiger partial charge in [-0.15, -0.1) is 11.3 Å². The second-order valence-corrected chi connectivity index (χ2v) is 6.96. The molecule has 1 saturated heterocycles. The summed E-state index contributed by atoms with van der Waals surface area (Å²) in [6.45, 7) is 2.44. The molecule has 134 valence electrons. The number of ether oxygens (including phenoxy) is 1. The van der Waals surface area contributed by atoms with Crippen molar-refractivity contribution < 1.29 is 13.9 Å². The fourth-order valence-corrected chi connectivity index (χ4v) is 3.92. The summed E-state index contributed by atoms with van der Waals surface area (Å²) in [4.78, 5) is 19.8. The molecule has 1 fully saturated rings. The predicted molar refractivity (Wildman–Crippen MR) is 97.3 cm³/mol. The fraction of sp³-hybridized carbons (Fsp3) is 0.263. The molecule has 2 aromatic heterocycles. The van der Waals surface area contributed by atoms with Crippen LogP contribution in [-0.4, -0.2) is 46.5 Å². The van der Waals surface area contributed by atoms with Gasteiger partial charge in [0.15, 0.2) is 5.82 Å². The van der Waals surface area contributed by atoms with E-state index in [0.717, 1.165) is 10.6 Å². The molecule has 0 saturated carbocycles. The number of hydrogen-bond donors (Lipinski definition) is 0. The Hall–Kier alpha value is -2.35. The average Bonchev–Trinajstić information content (AvgIpc) is 3.35. The van der Waals surface area contributed by atoms with Gasteiger partial charge >= 0.3 is 0 Å². The van der Waals surface area contributed by atoms with Crippen molar-refractivity contribution in [2.24, 2.45) is 0 Å². The molecule has 0 radical (unpaired) electrons. The number of nitrogens with zero attached hydrogens (tertiary/aromatic N) is 3. The van der Waals surface area contributed by atoms with E-state index in [2.05, 4.69) is 9.88 Å². The van der Waals surface area contributed by atoms with Gasteiger partial charge in [0.25, 0.3) is 0 Å². The molecule has 1 aliphatic rings. The van der Waals surface area contributed by atoms with Crippen LogP contribution in [0.3, 0.4) is 0 Å². The summed E-state index contributed by atoms with van der Waals surface area (Å²) in [5, 5.41) is 2.90. The van der Waals surface area contributed by atoms with Crippen LogP contribution < -0.4 is 0 Å². The van der Waals surface area contributed by atoms with Gasteiger partial charge in [0.2, 0.25) is 5.78 Å². The van der Waals surface area contributed by atoms with E-state index in [1.165, 1.54) is 12.1 Å². The van der Waals surface area contributed by atoms with Crippen molar-refractivity contribution in [1.82, 2.24) is 14.5 Å². The van der Waals surface area contributed by atoms with E-state index >= 15 is 0 Å². The summed E-state index contributed by atoms with van der Waals surface area (Å²) >= 11 is 1.54. The number of halogens is 1. The maximum atomic E-state index is 13.5. The molecule has 7 heteroatoms. The Bertz CT molecular complexity index is 871. The summed E-state index contributed by atoms with van der Waals surface area (Å²) in [5.74, 6) is -0.0350. The van der Waals surface area contributed by atoms with Gasteiger partial charge in [-0.1, -0.05) is 12.1 Å². The van der Waals surface area contributed by atoms with Crippen LogP contribution in [0.1, 0.15) is 22.2 Å².